The molecule has 1 aromatic heterocycles. The lowest BCUT2D eigenvalue weighted by molar-refractivity contribution is -0.384. The summed E-state index contributed by atoms with van der Waals surface area (Å²) in [6.45, 7) is 4.13. The minimum atomic E-state index is -4.19. The Morgan fingerprint density at radius 2 is 1.91 bits per heavy atom. The molecule has 1 aliphatic heterocycles. The van der Waals surface area contributed by atoms with Gasteiger partial charge in [0.1, 0.15) is 10.7 Å². The fraction of sp³-hybridized carbons (Fsp3) is 0.174. The third kappa shape index (κ3) is 4.14. The van der Waals surface area contributed by atoms with Gasteiger partial charge in [-0.15, -0.1) is 11.3 Å². The molecule has 0 aliphatic carbocycles. The van der Waals surface area contributed by atoms with Crippen molar-refractivity contribution in [3.63, 3.8) is 0 Å². The van der Waals surface area contributed by atoms with Gasteiger partial charge in [-0.3, -0.25) is 19.8 Å². The van der Waals surface area contributed by atoms with Crippen molar-refractivity contribution in [3.8, 4) is 5.75 Å². The summed E-state index contributed by atoms with van der Waals surface area (Å²) in [6.07, 6.45) is 1.39. The highest BCUT2D eigenvalue weighted by Crippen LogP contribution is 2.44. The van der Waals surface area contributed by atoms with E-state index in [1.807, 2.05) is 25.3 Å². The first-order valence-corrected chi connectivity index (χ1v) is 12.5. The number of non-ortho nitro benzene ring substituents is 1. The van der Waals surface area contributed by atoms with Crippen LogP contribution in [0.3, 0.4) is 0 Å². The van der Waals surface area contributed by atoms with Gasteiger partial charge in [0.05, 0.1) is 11.5 Å². The van der Waals surface area contributed by atoms with Crippen LogP contribution < -0.4 is 9.64 Å². The number of hydrogen-bond donors (Lipinski definition) is 0. The standard InChI is InChI=1S/C23H20N2O6S2/c1-3-31-19-9-7-17(8-10-19)24-22(26)21(14-20-15(2)11-12-32-20)33(29,30)23(24)16-5-4-6-18(13-16)25(27)28/h4-14,23H,3H2,1-2H3/b21-14+. The average molecular weight is 485 g/mol. The summed E-state index contributed by atoms with van der Waals surface area (Å²) in [6, 6.07) is 13.7. The highest BCUT2D eigenvalue weighted by Gasteiger charge is 2.50. The monoisotopic (exact) mass is 484 g/mol. The Labute approximate surface area is 194 Å². The first-order chi connectivity index (χ1) is 15.7. The fourth-order valence-corrected chi connectivity index (χ4v) is 6.44. The highest BCUT2D eigenvalue weighted by atomic mass is 32.2. The van der Waals surface area contributed by atoms with E-state index < -0.39 is 26.0 Å². The SMILES string of the molecule is CCOc1ccc(N2C(=O)/C(=C\c3sccc3C)S(=O)(=O)C2c2cccc([N+](=O)[O-])c2)cc1. The number of anilines is 1. The molecule has 2 heterocycles. The van der Waals surface area contributed by atoms with E-state index in [0.29, 0.717) is 22.9 Å². The van der Waals surface area contributed by atoms with E-state index in [1.165, 1.54) is 46.6 Å². The van der Waals surface area contributed by atoms with Gasteiger partial charge in [0.25, 0.3) is 11.6 Å². The normalized spacial score (nSPS) is 18.6. The molecule has 0 N–H and O–H groups in total. The van der Waals surface area contributed by atoms with Crippen LogP contribution in [0.5, 0.6) is 5.75 Å². The Balaban J connectivity index is 1.90. The van der Waals surface area contributed by atoms with Crippen LogP contribution in [0.2, 0.25) is 0 Å². The Bertz CT molecular complexity index is 1360. The number of nitrogens with zero attached hydrogens (tertiary/aromatic N) is 2. The number of nitro benzene ring substituents is 1. The summed E-state index contributed by atoms with van der Waals surface area (Å²) in [5.41, 5.74) is 1.07. The molecule has 10 heteroatoms. The van der Waals surface area contributed by atoms with E-state index in [4.69, 9.17) is 4.74 Å². The molecule has 0 bridgehead atoms. The van der Waals surface area contributed by atoms with Gasteiger partial charge in [0, 0.05) is 22.7 Å². The number of thiophene rings is 1. The molecule has 0 radical (unpaired) electrons. The van der Waals surface area contributed by atoms with E-state index in [0.717, 1.165) is 5.56 Å². The van der Waals surface area contributed by atoms with Crippen molar-refractivity contribution in [2.45, 2.75) is 19.2 Å². The van der Waals surface area contributed by atoms with Crippen LogP contribution in [0, 0.1) is 17.0 Å². The number of rotatable bonds is 6. The summed E-state index contributed by atoms with van der Waals surface area (Å²) in [5.74, 6) is -0.115. The maximum absolute atomic E-state index is 13.7. The number of nitro groups is 1. The fourth-order valence-electron chi connectivity index (χ4n) is 3.64. The van der Waals surface area contributed by atoms with Crippen molar-refractivity contribution in [3.05, 3.63) is 91.0 Å². The zero-order valence-corrected chi connectivity index (χ0v) is 19.4. The van der Waals surface area contributed by atoms with Crippen LogP contribution in [-0.4, -0.2) is 25.9 Å². The van der Waals surface area contributed by atoms with Crippen molar-refractivity contribution in [1.29, 1.82) is 0 Å². The van der Waals surface area contributed by atoms with Gasteiger partial charge in [-0.2, -0.15) is 0 Å². The van der Waals surface area contributed by atoms with Crippen molar-refractivity contribution in [2.75, 3.05) is 11.5 Å². The Morgan fingerprint density at radius 1 is 1.18 bits per heavy atom. The Hall–Kier alpha value is -3.50. The lowest BCUT2D eigenvalue weighted by atomic mass is 10.1. The van der Waals surface area contributed by atoms with Gasteiger partial charge in [0.15, 0.2) is 5.37 Å². The summed E-state index contributed by atoms with van der Waals surface area (Å²) in [7, 11) is -4.19. The molecule has 33 heavy (non-hydrogen) atoms. The van der Waals surface area contributed by atoms with E-state index in [2.05, 4.69) is 0 Å². The summed E-state index contributed by atoms with van der Waals surface area (Å²) in [4.78, 5) is 25.7. The predicted octanol–water partition coefficient (Wildman–Crippen LogP) is 4.86. The second kappa shape index (κ2) is 8.80. The van der Waals surface area contributed by atoms with Crippen LogP contribution in [0.25, 0.3) is 6.08 Å². The molecule has 170 valence electrons. The van der Waals surface area contributed by atoms with E-state index in [-0.39, 0.29) is 16.2 Å². The molecule has 0 spiro atoms. The average Bonchev–Trinajstić information content (AvgIpc) is 3.28. The van der Waals surface area contributed by atoms with Gasteiger partial charge in [-0.25, -0.2) is 8.42 Å². The number of amides is 1. The summed E-state index contributed by atoms with van der Waals surface area (Å²) >= 11 is 1.33. The number of aryl methyl sites for hydroxylation is 1. The maximum atomic E-state index is 13.7. The molecule has 1 aliphatic rings. The molecule has 2 aromatic carbocycles. The quantitative estimate of drug-likeness (QED) is 0.281. The molecular weight excluding hydrogens is 464 g/mol. The lowest BCUT2D eigenvalue weighted by Gasteiger charge is -2.23. The number of carbonyl (C=O) groups excluding carboxylic acids is 1. The van der Waals surface area contributed by atoms with Crippen molar-refractivity contribution < 1.29 is 22.9 Å². The number of hydrogen-bond acceptors (Lipinski definition) is 7. The zero-order valence-electron chi connectivity index (χ0n) is 17.8. The molecule has 0 saturated carbocycles. The summed E-state index contributed by atoms with van der Waals surface area (Å²) < 4.78 is 32.8. The third-order valence-corrected chi connectivity index (χ3v) is 8.16. The molecular formula is C23H20N2O6S2. The van der Waals surface area contributed by atoms with Crippen LogP contribution >= 0.6 is 11.3 Å². The van der Waals surface area contributed by atoms with E-state index in [1.54, 1.807) is 24.3 Å². The molecule has 1 saturated heterocycles. The second-order valence-electron chi connectivity index (χ2n) is 7.33. The Morgan fingerprint density at radius 3 is 2.52 bits per heavy atom. The Kier molecular flexibility index (Phi) is 6.05. The third-order valence-electron chi connectivity index (χ3n) is 5.22. The first kappa shape index (κ1) is 22.7. The lowest BCUT2D eigenvalue weighted by Crippen LogP contribution is -2.29. The van der Waals surface area contributed by atoms with Crippen LogP contribution in [0.4, 0.5) is 11.4 Å². The van der Waals surface area contributed by atoms with Crippen molar-refractivity contribution in [1.82, 2.24) is 0 Å². The molecule has 8 nitrogen and oxygen atoms in total. The van der Waals surface area contributed by atoms with Gasteiger partial charge in [-0.05, 0) is 66.8 Å². The van der Waals surface area contributed by atoms with Gasteiger partial charge in [0.2, 0.25) is 9.84 Å². The van der Waals surface area contributed by atoms with Gasteiger partial charge < -0.3 is 4.74 Å². The van der Waals surface area contributed by atoms with Crippen LogP contribution in [0.15, 0.2) is 64.9 Å². The largest absolute Gasteiger partial charge is 0.494 e. The molecule has 1 unspecified atom stereocenters. The number of carbonyl (C=O) groups is 1. The number of ether oxygens (including phenoxy) is 1. The van der Waals surface area contributed by atoms with Gasteiger partial charge >= 0.3 is 0 Å². The summed E-state index contributed by atoms with van der Waals surface area (Å²) in [5, 5.41) is 11.7. The topological polar surface area (TPSA) is 107 Å². The number of benzene rings is 2. The highest BCUT2D eigenvalue weighted by molar-refractivity contribution is 7.97. The molecule has 3 aromatic rings. The molecule has 1 amide bonds. The second-order valence-corrected chi connectivity index (χ2v) is 10.3. The van der Waals surface area contributed by atoms with E-state index >= 15 is 0 Å². The van der Waals surface area contributed by atoms with Crippen LogP contribution in [-0.2, 0) is 14.6 Å². The van der Waals surface area contributed by atoms with Crippen molar-refractivity contribution >= 4 is 44.5 Å². The minimum Gasteiger partial charge on any atom is -0.494 e. The maximum Gasteiger partial charge on any atom is 0.271 e. The zero-order chi connectivity index (χ0) is 23.8. The van der Waals surface area contributed by atoms with E-state index in [9.17, 15) is 23.3 Å². The molecule has 1 atom stereocenters. The molecule has 4 rings (SSSR count). The number of sulfone groups is 1. The first-order valence-electron chi connectivity index (χ1n) is 10.0. The van der Waals surface area contributed by atoms with Gasteiger partial charge in [-0.1, -0.05) is 12.1 Å². The van der Waals surface area contributed by atoms with Crippen molar-refractivity contribution in [2.24, 2.45) is 0 Å². The predicted molar refractivity (Wildman–Crippen MR) is 127 cm³/mol. The van der Waals surface area contributed by atoms with Crippen LogP contribution in [0.1, 0.15) is 28.3 Å². The molecule has 1 fully saturated rings. The minimum absolute atomic E-state index is 0.137. The smallest absolute Gasteiger partial charge is 0.271 e.